The minimum atomic E-state index is -0.470. The molecule has 0 atom stereocenters. The number of phenolic OH excluding ortho intramolecular Hbond substituents is 2. The molecule has 11 heteroatoms. The summed E-state index contributed by atoms with van der Waals surface area (Å²) >= 11 is -0.470. The molecule has 0 bridgehead atoms. The van der Waals surface area contributed by atoms with Gasteiger partial charge in [0.05, 0.1) is 0 Å². The number of aromatic hydroxyl groups is 2. The molecule has 2 heterocycles. The molecule has 6 aromatic rings. The molecule has 8 nitrogen and oxygen atoms in total. The molecule has 4 aromatic carbocycles. The van der Waals surface area contributed by atoms with Gasteiger partial charge in [-0.15, -0.1) is 0 Å². The maximum atomic E-state index is 10.5. The average molecular weight is 569 g/mol. The molecule has 0 spiro atoms. The second-order valence-electron chi connectivity index (χ2n) is 7.80. The van der Waals surface area contributed by atoms with Crippen molar-refractivity contribution in [2.75, 3.05) is 0 Å². The monoisotopic (exact) mass is 569 g/mol. The van der Waals surface area contributed by atoms with Gasteiger partial charge in [-0.1, -0.05) is 0 Å². The van der Waals surface area contributed by atoms with Crippen LogP contribution in [0.25, 0.3) is 33.4 Å². The van der Waals surface area contributed by atoms with Gasteiger partial charge in [0.15, 0.2) is 0 Å². The SMILES string of the molecule is Oc1cc([B][I-][B]c2ccc(-n3nc4ccccc4n3)c(O)c2)ccc1-n1nc2ccccc2n1. The zero-order chi connectivity index (χ0) is 23.8. The van der Waals surface area contributed by atoms with Crippen molar-refractivity contribution in [3.8, 4) is 22.9 Å². The Balaban J connectivity index is 1.12. The van der Waals surface area contributed by atoms with E-state index in [-0.39, 0.29) is 11.5 Å². The van der Waals surface area contributed by atoms with Crippen molar-refractivity contribution < 1.29 is 31.0 Å². The van der Waals surface area contributed by atoms with Gasteiger partial charge in [0.25, 0.3) is 0 Å². The van der Waals surface area contributed by atoms with Gasteiger partial charge in [-0.05, 0) is 0 Å². The van der Waals surface area contributed by atoms with Gasteiger partial charge in [0.1, 0.15) is 0 Å². The van der Waals surface area contributed by atoms with Crippen LogP contribution in [0.3, 0.4) is 0 Å². The van der Waals surface area contributed by atoms with Crippen LogP contribution < -0.4 is 31.7 Å². The van der Waals surface area contributed by atoms with E-state index >= 15 is 0 Å². The Morgan fingerprint density at radius 1 is 0.543 bits per heavy atom. The zero-order valence-electron chi connectivity index (χ0n) is 18.2. The summed E-state index contributed by atoms with van der Waals surface area (Å²) in [5, 5.41) is 43.0. The molecule has 2 N–H and O–H groups in total. The molecule has 0 unspecified atom stereocenters. The summed E-state index contributed by atoms with van der Waals surface area (Å²) in [7, 11) is 0. The molecule has 2 radical (unpaired) electrons. The Kier molecular flexibility index (Phi) is 5.61. The molecular weight excluding hydrogens is 553 g/mol. The van der Waals surface area contributed by atoms with Crippen molar-refractivity contribution in [1.82, 2.24) is 30.0 Å². The first kappa shape index (κ1) is 21.7. The summed E-state index contributed by atoms with van der Waals surface area (Å²) in [6.45, 7) is 0. The Morgan fingerprint density at radius 3 is 1.26 bits per heavy atom. The molecule has 0 saturated carbocycles. The predicted molar refractivity (Wildman–Crippen MR) is 132 cm³/mol. The van der Waals surface area contributed by atoms with Crippen LogP contribution in [0.5, 0.6) is 11.5 Å². The molecule has 2 aromatic heterocycles. The number of aromatic nitrogens is 6. The van der Waals surface area contributed by atoms with E-state index in [1.54, 1.807) is 12.1 Å². The third-order valence-corrected chi connectivity index (χ3v) is 7.54. The maximum absolute atomic E-state index is 10.5. The second kappa shape index (κ2) is 9.06. The van der Waals surface area contributed by atoms with E-state index in [4.69, 9.17) is 0 Å². The number of halogens is 1. The van der Waals surface area contributed by atoms with Crippen molar-refractivity contribution in [3.63, 3.8) is 0 Å². The molecule has 6 rings (SSSR count). The Labute approximate surface area is 211 Å². The minimum absolute atomic E-state index is 0.115. The van der Waals surface area contributed by atoms with Crippen LogP contribution in [0.4, 0.5) is 0 Å². The van der Waals surface area contributed by atoms with E-state index in [1.807, 2.05) is 72.8 Å². The van der Waals surface area contributed by atoms with Crippen molar-refractivity contribution in [2.24, 2.45) is 0 Å². The summed E-state index contributed by atoms with van der Waals surface area (Å²) in [5.74, 6) is 0.230. The first-order valence-corrected chi connectivity index (χ1v) is 13.2. The van der Waals surface area contributed by atoms with Crippen LogP contribution in [0.2, 0.25) is 0 Å². The number of benzene rings is 4. The fraction of sp³-hybridized carbons (Fsp3) is 0. The van der Waals surface area contributed by atoms with Gasteiger partial charge >= 0.3 is 212 Å². The molecule has 0 fully saturated rings. The second-order valence-corrected chi connectivity index (χ2v) is 9.76. The van der Waals surface area contributed by atoms with Crippen LogP contribution >= 0.6 is 0 Å². The number of fused-ring (bicyclic) bond motifs is 2. The fourth-order valence-corrected chi connectivity index (χ4v) is 5.45. The predicted octanol–water partition coefficient (Wildman–Crippen LogP) is -1.16. The zero-order valence-corrected chi connectivity index (χ0v) is 20.4. The van der Waals surface area contributed by atoms with E-state index in [0.717, 1.165) is 33.0 Å². The number of hydrogen-bond donors (Lipinski definition) is 2. The van der Waals surface area contributed by atoms with Gasteiger partial charge in [0, 0.05) is 0 Å². The molecule has 168 valence electrons. The Morgan fingerprint density at radius 2 is 0.914 bits per heavy atom. The number of hydrogen-bond acceptors (Lipinski definition) is 6. The number of nitrogens with zero attached hydrogens (tertiary/aromatic N) is 6. The van der Waals surface area contributed by atoms with Crippen molar-refractivity contribution in [1.29, 1.82) is 0 Å². The Bertz CT molecular complexity index is 1500. The van der Waals surface area contributed by atoms with Crippen LogP contribution in [0.1, 0.15) is 0 Å². The quantitative estimate of drug-likeness (QED) is 0.194. The topological polar surface area (TPSA) is 102 Å². The Hall–Kier alpha value is -3.86. The average Bonchev–Trinajstić information content (AvgIpc) is 3.48. The molecule has 0 aliphatic carbocycles. The summed E-state index contributed by atoms with van der Waals surface area (Å²) in [6, 6.07) is 26.1. The fourth-order valence-electron chi connectivity index (χ4n) is 3.67. The van der Waals surface area contributed by atoms with Crippen LogP contribution in [-0.2, 0) is 0 Å². The first-order valence-electron chi connectivity index (χ1n) is 10.7. The third-order valence-electron chi connectivity index (χ3n) is 5.38. The van der Waals surface area contributed by atoms with Crippen LogP contribution in [-0.4, -0.2) is 50.5 Å². The molecule has 0 saturated heterocycles. The van der Waals surface area contributed by atoms with Crippen LogP contribution in [0, 0.1) is 0 Å². The van der Waals surface area contributed by atoms with Crippen molar-refractivity contribution in [2.45, 2.75) is 0 Å². The number of phenols is 2. The van der Waals surface area contributed by atoms with E-state index in [9.17, 15) is 10.2 Å². The van der Waals surface area contributed by atoms with Gasteiger partial charge in [-0.3, -0.25) is 0 Å². The van der Waals surface area contributed by atoms with Crippen LogP contribution in [0.15, 0.2) is 84.9 Å². The standard InChI is InChI=1S/C24H16B2IN6O2/c34-23-13-15(9-11-21(23)32-28-17-5-1-2-6-18(17)29-32)25-27-26-16-10-12-22(24(35)14-16)33-30-19-7-3-4-8-20(19)31-33/h1-14,34-35H/q-1. The van der Waals surface area contributed by atoms with Gasteiger partial charge in [-0.25, -0.2) is 0 Å². The summed E-state index contributed by atoms with van der Waals surface area (Å²) in [5.41, 5.74) is 5.98. The summed E-state index contributed by atoms with van der Waals surface area (Å²) < 4.78 is 0. The molecular formula is C24H16B2IN6O2-. The van der Waals surface area contributed by atoms with Gasteiger partial charge in [0.2, 0.25) is 0 Å². The summed E-state index contributed by atoms with van der Waals surface area (Å²) in [6.07, 6.45) is 0. The van der Waals surface area contributed by atoms with E-state index < -0.39 is 20.8 Å². The number of rotatable bonds is 6. The molecule has 0 aliphatic heterocycles. The van der Waals surface area contributed by atoms with Gasteiger partial charge in [-0.2, -0.15) is 0 Å². The molecule has 35 heavy (non-hydrogen) atoms. The summed E-state index contributed by atoms with van der Waals surface area (Å²) in [4.78, 5) is 2.90. The third kappa shape index (κ3) is 4.34. The molecule has 0 amide bonds. The van der Waals surface area contributed by atoms with Gasteiger partial charge < -0.3 is 0 Å². The van der Waals surface area contributed by atoms with Crippen molar-refractivity contribution >= 4 is 43.3 Å². The molecule has 0 aliphatic rings. The van der Waals surface area contributed by atoms with E-state index in [1.165, 1.54) is 9.59 Å². The van der Waals surface area contributed by atoms with E-state index in [2.05, 4.69) is 30.7 Å². The first-order chi connectivity index (χ1) is 17.1. The van der Waals surface area contributed by atoms with Crippen molar-refractivity contribution in [3.05, 3.63) is 84.9 Å². The van der Waals surface area contributed by atoms with E-state index in [0.29, 0.717) is 11.4 Å². The normalized spacial score (nSPS) is 11.3.